The molecule has 0 aromatic heterocycles. The minimum Gasteiger partial charge on any atom is -0.492 e. The van der Waals surface area contributed by atoms with Crippen LogP contribution in [0.25, 0.3) is 0 Å². The van der Waals surface area contributed by atoms with Gasteiger partial charge < -0.3 is 19.5 Å². The number of aliphatic hydroxyl groups is 1. The van der Waals surface area contributed by atoms with E-state index in [2.05, 4.69) is 28.9 Å². The van der Waals surface area contributed by atoms with Gasteiger partial charge in [-0.3, -0.25) is 4.90 Å². The van der Waals surface area contributed by atoms with E-state index in [0.29, 0.717) is 19.8 Å². The summed E-state index contributed by atoms with van der Waals surface area (Å²) < 4.78 is 11.2. The molecule has 0 aliphatic carbocycles. The standard InChI is InChI=1S/C19H32N2O3/c1-3-5-14-23-16-17(22)15-20-10-12-21(13-11-20)18-8-6-7-9-19(18)24-4-2/h6-9,17,22H,3-5,10-16H2,1-2H3. The van der Waals surface area contributed by atoms with Crippen LogP contribution in [-0.4, -0.2) is 68.7 Å². The van der Waals surface area contributed by atoms with E-state index in [0.717, 1.165) is 51.4 Å². The topological polar surface area (TPSA) is 45.2 Å². The van der Waals surface area contributed by atoms with Crippen molar-refractivity contribution in [2.45, 2.75) is 32.8 Å². The molecule has 0 radical (unpaired) electrons. The number of anilines is 1. The van der Waals surface area contributed by atoms with Crippen LogP contribution in [0.3, 0.4) is 0 Å². The first-order valence-electron chi connectivity index (χ1n) is 9.19. The number of ether oxygens (including phenoxy) is 2. The number of aliphatic hydroxyl groups excluding tert-OH is 1. The molecule has 1 aliphatic rings. The van der Waals surface area contributed by atoms with E-state index in [4.69, 9.17) is 9.47 Å². The summed E-state index contributed by atoms with van der Waals surface area (Å²) in [5.41, 5.74) is 1.17. The molecule has 0 bridgehead atoms. The van der Waals surface area contributed by atoms with Crippen molar-refractivity contribution in [3.05, 3.63) is 24.3 Å². The fraction of sp³-hybridized carbons (Fsp3) is 0.684. The molecule has 1 aromatic rings. The molecule has 0 saturated carbocycles. The number of benzene rings is 1. The Hall–Kier alpha value is -1.30. The lowest BCUT2D eigenvalue weighted by Crippen LogP contribution is -2.49. The molecule has 1 aliphatic heterocycles. The van der Waals surface area contributed by atoms with Crippen molar-refractivity contribution in [1.29, 1.82) is 0 Å². The summed E-state index contributed by atoms with van der Waals surface area (Å²) in [5.74, 6) is 0.956. The number of β-amino-alcohol motifs (C(OH)–C–C–N with tert-alkyl or cyclic N) is 1. The predicted molar refractivity (Wildman–Crippen MR) is 98.0 cm³/mol. The molecule has 1 N–H and O–H groups in total. The minimum atomic E-state index is -0.399. The van der Waals surface area contributed by atoms with Gasteiger partial charge >= 0.3 is 0 Å². The molecule has 5 nitrogen and oxygen atoms in total. The van der Waals surface area contributed by atoms with Crippen LogP contribution in [0.1, 0.15) is 26.7 Å². The molecule has 5 heteroatoms. The van der Waals surface area contributed by atoms with E-state index < -0.39 is 6.10 Å². The summed E-state index contributed by atoms with van der Waals surface area (Å²) in [6.07, 6.45) is 1.79. The summed E-state index contributed by atoms with van der Waals surface area (Å²) >= 11 is 0. The first-order valence-corrected chi connectivity index (χ1v) is 9.19. The molecule has 1 saturated heterocycles. The largest absolute Gasteiger partial charge is 0.492 e. The van der Waals surface area contributed by atoms with Gasteiger partial charge in [-0.2, -0.15) is 0 Å². The van der Waals surface area contributed by atoms with Gasteiger partial charge in [0.25, 0.3) is 0 Å². The third-order valence-corrected chi connectivity index (χ3v) is 4.30. The Balaban J connectivity index is 1.75. The number of nitrogens with zero attached hydrogens (tertiary/aromatic N) is 2. The molecule has 2 rings (SSSR count). The number of para-hydroxylation sites is 2. The molecule has 1 aromatic carbocycles. The second kappa shape index (κ2) is 10.5. The van der Waals surface area contributed by atoms with Gasteiger partial charge in [0.05, 0.1) is 25.0 Å². The Morgan fingerprint density at radius 3 is 2.58 bits per heavy atom. The molecule has 1 fully saturated rings. The molecule has 0 amide bonds. The summed E-state index contributed by atoms with van der Waals surface area (Å²) in [6.45, 7) is 10.5. The number of piperazine rings is 1. The van der Waals surface area contributed by atoms with Crippen LogP contribution in [0.5, 0.6) is 5.75 Å². The van der Waals surface area contributed by atoms with E-state index in [1.54, 1.807) is 0 Å². The zero-order chi connectivity index (χ0) is 17.2. The number of unbranched alkanes of at least 4 members (excludes halogenated alkanes) is 1. The van der Waals surface area contributed by atoms with Gasteiger partial charge in [-0.25, -0.2) is 0 Å². The zero-order valence-corrected chi connectivity index (χ0v) is 15.1. The van der Waals surface area contributed by atoms with Crippen LogP contribution in [0.2, 0.25) is 0 Å². The predicted octanol–water partition coefficient (Wildman–Crippen LogP) is 2.38. The van der Waals surface area contributed by atoms with Crippen molar-refractivity contribution < 1.29 is 14.6 Å². The molecule has 1 unspecified atom stereocenters. The van der Waals surface area contributed by atoms with Crippen molar-refractivity contribution in [3.63, 3.8) is 0 Å². The SMILES string of the molecule is CCCCOCC(O)CN1CCN(c2ccccc2OCC)CC1. The van der Waals surface area contributed by atoms with Gasteiger partial charge in [0.1, 0.15) is 5.75 Å². The second-order valence-corrected chi connectivity index (χ2v) is 6.27. The van der Waals surface area contributed by atoms with Crippen LogP contribution in [0.15, 0.2) is 24.3 Å². The Labute approximate surface area is 146 Å². The maximum Gasteiger partial charge on any atom is 0.142 e. The highest BCUT2D eigenvalue weighted by Gasteiger charge is 2.21. The molecule has 1 heterocycles. The summed E-state index contributed by atoms with van der Waals surface area (Å²) in [6, 6.07) is 8.22. The lowest BCUT2D eigenvalue weighted by Gasteiger charge is -2.37. The third kappa shape index (κ3) is 5.96. The minimum absolute atomic E-state index is 0.399. The average molecular weight is 336 g/mol. The quantitative estimate of drug-likeness (QED) is 0.665. The summed E-state index contributed by atoms with van der Waals surface area (Å²) in [5, 5.41) is 10.1. The van der Waals surface area contributed by atoms with Crippen molar-refractivity contribution >= 4 is 5.69 Å². The molecule has 1 atom stereocenters. The molecule has 24 heavy (non-hydrogen) atoms. The highest BCUT2D eigenvalue weighted by Crippen LogP contribution is 2.28. The monoisotopic (exact) mass is 336 g/mol. The first kappa shape index (κ1) is 19.0. The molecule has 136 valence electrons. The van der Waals surface area contributed by atoms with Gasteiger partial charge in [0.2, 0.25) is 0 Å². The zero-order valence-electron chi connectivity index (χ0n) is 15.1. The van der Waals surface area contributed by atoms with Crippen LogP contribution in [0.4, 0.5) is 5.69 Å². The Morgan fingerprint density at radius 1 is 1.12 bits per heavy atom. The van der Waals surface area contributed by atoms with E-state index in [-0.39, 0.29) is 0 Å². The Morgan fingerprint density at radius 2 is 1.88 bits per heavy atom. The highest BCUT2D eigenvalue weighted by atomic mass is 16.5. The Kier molecular flexibility index (Phi) is 8.36. The van der Waals surface area contributed by atoms with Crippen LogP contribution in [-0.2, 0) is 4.74 Å². The molecular formula is C19H32N2O3. The van der Waals surface area contributed by atoms with E-state index in [1.165, 1.54) is 5.69 Å². The number of hydrogen-bond donors (Lipinski definition) is 1. The summed E-state index contributed by atoms with van der Waals surface area (Å²) in [7, 11) is 0. The number of hydrogen-bond acceptors (Lipinski definition) is 5. The fourth-order valence-electron chi connectivity index (χ4n) is 2.98. The normalized spacial score (nSPS) is 17.0. The lowest BCUT2D eigenvalue weighted by atomic mass is 10.2. The highest BCUT2D eigenvalue weighted by molar-refractivity contribution is 5.58. The number of rotatable bonds is 10. The van der Waals surface area contributed by atoms with Gasteiger partial charge in [0, 0.05) is 39.3 Å². The van der Waals surface area contributed by atoms with Crippen molar-refractivity contribution in [2.75, 3.05) is 57.4 Å². The van der Waals surface area contributed by atoms with Crippen LogP contribution >= 0.6 is 0 Å². The van der Waals surface area contributed by atoms with Gasteiger partial charge in [-0.15, -0.1) is 0 Å². The maximum atomic E-state index is 10.1. The second-order valence-electron chi connectivity index (χ2n) is 6.27. The van der Waals surface area contributed by atoms with Crippen molar-refractivity contribution in [3.8, 4) is 5.75 Å². The van der Waals surface area contributed by atoms with E-state index >= 15 is 0 Å². The fourth-order valence-corrected chi connectivity index (χ4v) is 2.98. The first-order chi connectivity index (χ1) is 11.7. The summed E-state index contributed by atoms with van der Waals surface area (Å²) in [4.78, 5) is 4.68. The molecule has 0 spiro atoms. The third-order valence-electron chi connectivity index (χ3n) is 4.30. The Bertz CT molecular complexity index is 462. The van der Waals surface area contributed by atoms with Crippen LogP contribution in [0, 0.1) is 0 Å². The lowest BCUT2D eigenvalue weighted by molar-refractivity contribution is 0.0150. The van der Waals surface area contributed by atoms with Gasteiger partial charge in [-0.05, 0) is 25.5 Å². The van der Waals surface area contributed by atoms with Crippen molar-refractivity contribution in [1.82, 2.24) is 4.90 Å². The van der Waals surface area contributed by atoms with E-state index in [9.17, 15) is 5.11 Å². The smallest absolute Gasteiger partial charge is 0.142 e. The van der Waals surface area contributed by atoms with Gasteiger partial charge in [-0.1, -0.05) is 25.5 Å². The van der Waals surface area contributed by atoms with Crippen molar-refractivity contribution in [2.24, 2.45) is 0 Å². The van der Waals surface area contributed by atoms with Crippen LogP contribution < -0.4 is 9.64 Å². The maximum absolute atomic E-state index is 10.1. The van der Waals surface area contributed by atoms with E-state index in [1.807, 2.05) is 19.1 Å². The van der Waals surface area contributed by atoms with Gasteiger partial charge in [0.15, 0.2) is 0 Å². The average Bonchev–Trinajstić information content (AvgIpc) is 2.60. The molecular weight excluding hydrogens is 304 g/mol.